The van der Waals surface area contributed by atoms with Crippen molar-refractivity contribution in [1.82, 2.24) is 0 Å². The van der Waals surface area contributed by atoms with E-state index in [4.69, 9.17) is 10.5 Å². The lowest BCUT2D eigenvalue weighted by molar-refractivity contribution is 0.371. The highest BCUT2D eigenvalue weighted by Crippen LogP contribution is 2.36. The molecule has 0 amide bonds. The van der Waals surface area contributed by atoms with E-state index in [1.54, 1.807) is 6.07 Å². The van der Waals surface area contributed by atoms with Crippen molar-refractivity contribution in [2.24, 2.45) is 5.73 Å². The van der Waals surface area contributed by atoms with Gasteiger partial charge in [0.2, 0.25) is 0 Å². The van der Waals surface area contributed by atoms with Crippen LogP contribution in [0, 0.1) is 0 Å². The number of benzene rings is 1. The molecule has 0 fully saturated rings. The predicted molar refractivity (Wildman–Crippen MR) is 64.4 cm³/mol. The zero-order valence-electron chi connectivity index (χ0n) is 8.79. The van der Waals surface area contributed by atoms with Crippen LogP contribution in [0.2, 0.25) is 0 Å². The fourth-order valence-corrected chi connectivity index (χ4v) is 1.93. The van der Waals surface area contributed by atoms with Crippen molar-refractivity contribution in [2.75, 3.05) is 13.7 Å². The van der Waals surface area contributed by atoms with Crippen LogP contribution in [-0.4, -0.2) is 18.8 Å². The lowest BCUT2D eigenvalue weighted by Crippen LogP contribution is -1.99. The number of nitrogens with two attached hydrogens (primary N) is 1. The number of hydrogen-bond donors (Lipinski definition) is 2. The minimum Gasteiger partial charge on any atom is -0.503 e. The Labute approximate surface area is 98.4 Å². The number of phenols is 1. The molecule has 1 aromatic rings. The van der Waals surface area contributed by atoms with Crippen LogP contribution in [0.5, 0.6) is 11.5 Å². The van der Waals surface area contributed by atoms with Crippen molar-refractivity contribution in [3.8, 4) is 11.5 Å². The summed E-state index contributed by atoms with van der Waals surface area (Å²) in [5.41, 5.74) is 6.51. The van der Waals surface area contributed by atoms with E-state index in [0.717, 1.165) is 29.3 Å². The number of methoxy groups -OCH3 is 1. The average molecular weight is 274 g/mol. The van der Waals surface area contributed by atoms with E-state index < -0.39 is 0 Å². The summed E-state index contributed by atoms with van der Waals surface area (Å²) >= 11 is 3.36. The number of aryl methyl sites for hydroxylation is 1. The Morgan fingerprint density at radius 3 is 2.73 bits per heavy atom. The second-order valence-corrected chi connectivity index (χ2v) is 4.13. The predicted octanol–water partition coefficient (Wildman–Crippen LogP) is 2.44. The molecular formula is C11H16BrNO2. The number of hydrogen-bond acceptors (Lipinski definition) is 3. The van der Waals surface area contributed by atoms with Crippen LogP contribution in [0.1, 0.15) is 18.4 Å². The van der Waals surface area contributed by atoms with E-state index in [-0.39, 0.29) is 5.75 Å². The molecule has 4 heteroatoms. The lowest BCUT2D eigenvalue weighted by atomic mass is 10.1. The zero-order chi connectivity index (χ0) is 11.3. The second kappa shape index (κ2) is 5.98. The van der Waals surface area contributed by atoms with E-state index in [9.17, 15) is 5.11 Å². The Morgan fingerprint density at radius 2 is 2.13 bits per heavy atom. The Bertz CT molecular complexity index is 329. The summed E-state index contributed by atoms with van der Waals surface area (Å²) in [5.74, 6) is 0.659. The molecule has 0 aliphatic carbocycles. The molecule has 3 nitrogen and oxygen atoms in total. The molecule has 1 rings (SSSR count). The van der Waals surface area contributed by atoms with Crippen molar-refractivity contribution in [2.45, 2.75) is 19.3 Å². The van der Waals surface area contributed by atoms with Gasteiger partial charge in [0.05, 0.1) is 11.6 Å². The molecule has 84 valence electrons. The molecule has 0 radical (unpaired) electrons. The van der Waals surface area contributed by atoms with Gasteiger partial charge >= 0.3 is 0 Å². The fraction of sp³-hybridized carbons (Fsp3) is 0.455. The topological polar surface area (TPSA) is 55.5 Å². The van der Waals surface area contributed by atoms with Crippen LogP contribution in [0.3, 0.4) is 0 Å². The molecule has 0 spiro atoms. The molecule has 0 bridgehead atoms. The van der Waals surface area contributed by atoms with E-state index in [1.165, 1.54) is 7.11 Å². The lowest BCUT2D eigenvalue weighted by Gasteiger charge is -2.09. The molecule has 0 saturated carbocycles. The number of phenolic OH excluding ortho intramolecular Hbond substituents is 1. The van der Waals surface area contributed by atoms with Gasteiger partial charge in [0, 0.05) is 0 Å². The number of rotatable bonds is 5. The van der Waals surface area contributed by atoms with Crippen LogP contribution in [0.15, 0.2) is 16.6 Å². The first-order valence-corrected chi connectivity index (χ1v) is 5.74. The largest absolute Gasteiger partial charge is 0.503 e. The molecule has 0 heterocycles. The summed E-state index contributed by atoms with van der Waals surface area (Å²) in [5, 5.41) is 9.74. The second-order valence-electron chi connectivity index (χ2n) is 3.34. The molecule has 0 unspecified atom stereocenters. The molecule has 3 N–H and O–H groups in total. The van der Waals surface area contributed by atoms with Gasteiger partial charge in [0.1, 0.15) is 0 Å². The molecular weight excluding hydrogens is 258 g/mol. The zero-order valence-corrected chi connectivity index (χ0v) is 10.4. The van der Waals surface area contributed by atoms with Crippen molar-refractivity contribution < 1.29 is 9.84 Å². The quantitative estimate of drug-likeness (QED) is 0.811. The Hall–Kier alpha value is -0.740. The summed E-state index contributed by atoms with van der Waals surface area (Å²) in [6.45, 7) is 0.708. The molecule has 15 heavy (non-hydrogen) atoms. The Morgan fingerprint density at radius 1 is 1.40 bits per heavy atom. The minimum absolute atomic E-state index is 0.169. The van der Waals surface area contributed by atoms with Crippen LogP contribution in [0.4, 0.5) is 0 Å². The van der Waals surface area contributed by atoms with Crippen LogP contribution in [-0.2, 0) is 6.42 Å². The first-order valence-electron chi connectivity index (χ1n) is 4.95. The third-order valence-corrected chi connectivity index (χ3v) is 3.16. The van der Waals surface area contributed by atoms with Crippen molar-refractivity contribution in [3.63, 3.8) is 0 Å². The standard InChI is InChI=1S/C11H16BrNO2/c1-15-9-6-5-8(4-2-3-7-13)10(12)11(9)14/h5-6,14H,2-4,7,13H2,1H3. The van der Waals surface area contributed by atoms with Gasteiger partial charge in [-0.15, -0.1) is 0 Å². The molecule has 0 atom stereocenters. The average Bonchev–Trinajstić information content (AvgIpc) is 2.25. The van der Waals surface area contributed by atoms with Gasteiger partial charge in [-0.2, -0.15) is 0 Å². The fourth-order valence-electron chi connectivity index (χ4n) is 1.41. The van der Waals surface area contributed by atoms with Crippen molar-refractivity contribution >= 4 is 15.9 Å². The Kier molecular flexibility index (Phi) is 4.91. The molecule has 0 aromatic heterocycles. The number of aromatic hydroxyl groups is 1. The summed E-state index contributed by atoms with van der Waals surface area (Å²) < 4.78 is 5.73. The monoisotopic (exact) mass is 273 g/mol. The highest BCUT2D eigenvalue weighted by molar-refractivity contribution is 9.10. The van der Waals surface area contributed by atoms with Gasteiger partial charge in [-0.05, 0) is 53.4 Å². The molecule has 0 aliphatic rings. The maximum Gasteiger partial charge on any atom is 0.172 e. The first-order chi connectivity index (χ1) is 7.20. The van der Waals surface area contributed by atoms with E-state index in [1.807, 2.05) is 6.07 Å². The summed E-state index contributed by atoms with van der Waals surface area (Å²) in [7, 11) is 1.54. The minimum atomic E-state index is 0.169. The number of halogens is 1. The van der Waals surface area contributed by atoms with Gasteiger partial charge in [0.25, 0.3) is 0 Å². The number of ether oxygens (including phenoxy) is 1. The molecule has 0 saturated heterocycles. The maximum atomic E-state index is 9.74. The number of unbranched alkanes of at least 4 members (excludes halogenated alkanes) is 1. The summed E-state index contributed by atoms with van der Waals surface area (Å²) in [6.07, 6.45) is 2.94. The van der Waals surface area contributed by atoms with Gasteiger partial charge in [-0.1, -0.05) is 6.07 Å². The van der Waals surface area contributed by atoms with E-state index in [0.29, 0.717) is 12.3 Å². The van der Waals surface area contributed by atoms with Gasteiger partial charge in [-0.3, -0.25) is 0 Å². The first kappa shape index (κ1) is 12.3. The van der Waals surface area contributed by atoms with Gasteiger partial charge < -0.3 is 15.6 Å². The molecule has 1 aromatic carbocycles. The summed E-state index contributed by atoms with van der Waals surface area (Å²) in [4.78, 5) is 0. The van der Waals surface area contributed by atoms with Crippen LogP contribution >= 0.6 is 15.9 Å². The maximum absolute atomic E-state index is 9.74. The van der Waals surface area contributed by atoms with E-state index in [2.05, 4.69) is 15.9 Å². The highest BCUT2D eigenvalue weighted by Gasteiger charge is 2.09. The normalized spacial score (nSPS) is 10.3. The SMILES string of the molecule is COc1ccc(CCCCN)c(Br)c1O. The Balaban J connectivity index is 2.77. The highest BCUT2D eigenvalue weighted by atomic mass is 79.9. The van der Waals surface area contributed by atoms with E-state index >= 15 is 0 Å². The van der Waals surface area contributed by atoms with Crippen LogP contribution in [0.25, 0.3) is 0 Å². The van der Waals surface area contributed by atoms with Gasteiger partial charge in [-0.25, -0.2) is 0 Å². The van der Waals surface area contributed by atoms with Crippen molar-refractivity contribution in [1.29, 1.82) is 0 Å². The summed E-state index contributed by atoms with van der Waals surface area (Å²) in [6, 6.07) is 3.73. The smallest absolute Gasteiger partial charge is 0.172 e. The third kappa shape index (κ3) is 3.11. The van der Waals surface area contributed by atoms with Crippen LogP contribution < -0.4 is 10.5 Å². The third-order valence-electron chi connectivity index (χ3n) is 2.28. The molecule has 0 aliphatic heterocycles. The van der Waals surface area contributed by atoms with Gasteiger partial charge in [0.15, 0.2) is 11.5 Å². The van der Waals surface area contributed by atoms with Crippen molar-refractivity contribution in [3.05, 3.63) is 22.2 Å².